The molecule has 5 nitrogen and oxygen atoms in total. The highest BCUT2D eigenvalue weighted by molar-refractivity contribution is 9.10. The topological polar surface area (TPSA) is 61.0 Å². The van der Waals surface area contributed by atoms with Gasteiger partial charge in [-0.2, -0.15) is 5.10 Å². The van der Waals surface area contributed by atoms with E-state index in [1.54, 1.807) is 16.8 Å². The number of halogens is 1. The Morgan fingerprint density at radius 1 is 1.53 bits per heavy atom. The Hall–Kier alpha value is -1.43. The molecule has 0 spiro atoms. The lowest BCUT2D eigenvalue weighted by Gasteiger charge is -1.97. The molecule has 0 fully saturated rings. The van der Waals surface area contributed by atoms with Crippen molar-refractivity contribution < 1.29 is 4.92 Å². The Morgan fingerprint density at radius 3 is 2.80 bits per heavy atom. The number of nitrogens with zero attached hydrogens (tertiary/aromatic N) is 3. The van der Waals surface area contributed by atoms with E-state index in [2.05, 4.69) is 21.0 Å². The number of hydrogen-bond acceptors (Lipinski definition) is 3. The molecule has 0 radical (unpaired) electrons. The van der Waals surface area contributed by atoms with Crippen molar-refractivity contribution in [1.29, 1.82) is 0 Å². The molecule has 0 unspecified atom stereocenters. The summed E-state index contributed by atoms with van der Waals surface area (Å²) in [5.74, 6) is 0. The summed E-state index contributed by atoms with van der Waals surface area (Å²) in [5, 5.41) is 15.7. The molecule has 1 heterocycles. The SMILES string of the molecule is Cc1nn(C)c2cc(Br)c([N+](=O)[O-])cc12. The standard InChI is InChI=1S/C9H8BrN3O2/c1-5-6-3-9(13(14)15)7(10)4-8(6)12(2)11-5/h3-4H,1-2H3. The van der Waals surface area contributed by atoms with E-state index in [1.165, 1.54) is 0 Å². The van der Waals surface area contributed by atoms with Crippen molar-refractivity contribution in [2.75, 3.05) is 0 Å². The van der Waals surface area contributed by atoms with Crippen LogP contribution in [0.2, 0.25) is 0 Å². The maximum absolute atomic E-state index is 10.7. The van der Waals surface area contributed by atoms with Crippen LogP contribution in [-0.4, -0.2) is 14.7 Å². The number of benzene rings is 1. The molecule has 0 aliphatic carbocycles. The van der Waals surface area contributed by atoms with Crippen molar-refractivity contribution in [2.45, 2.75) is 6.92 Å². The fourth-order valence-corrected chi connectivity index (χ4v) is 2.06. The predicted octanol–water partition coefficient (Wildman–Crippen LogP) is 2.55. The van der Waals surface area contributed by atoms with Crippen LogP contribution in [-0.2, 0) is 7.05 Å². The Labute approximate surface area is 94.0 Å². The van der Waals surface area contributed by atoms with Crippen LogP contribution in [0, 0.1) is 17.0 Å². The third-order valence-electron chi connectivity index (χ3n) is 2.30. The molecular formula is C9H8BrN3O2. The highest BCUT2D eigenvalue weighted by Crippen LogP contribution is 2.31. The van der Waals surface area contributed by atoms with Crippen molar-refractivity contribution in [3.8, 4) is 0 Å². The van der Waals surface area contributed by atoms with E-state index in [0.29, 0.717) is 4.47 Å². The molecule has 0 aliphatic heterocycles. The summed E-state index contributed by atoms with van der Waals surface area (Å²) >= 11 is 3.18. The molecule has 78 valence electrons. The lowest BCUT2D eigenvalue weighted by Crippen LogP contribution is -1.91. The van der Waals surface area contributed by atoms with E-state index in [9.17, 15) is 10.1 Å². The zero-order valence-electron chi connectivity index (χ0n) is 8.19. The van der Waals surface area contributed by atoms with Crippen molar-refractivity contribution in [3.05, 3.63) is 32.4 Å². The Bertz CT molecular complexity index is 562. The Balaban J connectivity index is 2.85. The van der Waals surface area contributed by atoms with Gasteiger partial charge in [0, 0.05) is 18.5 Å². The summed E-state index contributed by atoms with van der Waals surface area (Å²) in [7, 11) is 1.81. The third-order valence-corrected chi connectivity index (χ3v) is 2.94. The molecule has 1 aromatic heterocycles. The van der Waals surface area contributed by atoms with E-state index in [4.69, 9.17) is 0 Å². The predicted molar refractivity (Wildman–Crippen MR) is 59.8 cm³/mol. The van der Waals surface area contributed by atoms with Crippen LogP contribution in [0.25, 0.3) is 10.9 Å². The smallest absolute Gasteiger partial charge is 0.268 e. The fraction of sp³-hybridized carbons (Fsp3) is 0.222. The third kappa shape index (κ3) is 1.50. The molecule has 0 N–H and O–H groups in total. The van der Waals surface area contributed by atoms with Crippen LogP contribution in [0.15, 0.2) is 16.6 Å². The summed E-state index contributed by atoms with van der Waals surface area (Å²) in [6.07, 6.45) is 0. The van der Waals surface area contributed by atoms with Crippen LogP contribution in [0.5, 0.6) is 0 Å². The maximum Gasteiger partial charge on any atom is 0.284 e. The van der Waals surface area contributed by atoms with Crippen molar-refractivity contribution in [1.82, 2.24) is 9.78 Å². The molecule has 1 aromatic carbocycles. The van der Waals surface area contributed by atoms with Gasteiger partial charge in [-0.05, 0) is 28.9 Å². The van der Waals surface area contributed by atoms with E-state index >= 15 is 0 Å². The lowest BCUT2D eigenvalue weighted by atomic mass is 10.2. The average Bonchev–Trinajstić information content (AvgIpc) is 2.41. The minimum atomic E-state index is -0.407. The largest absolute Gasteiger partial charge is 0.284 e. The van der Waals surface area contributed by atoms with Gasteiger partial charge in [0.05, 0.1) is 20.6 Å². The first-order valence-electron chi connectivity index (χ1n) is 4.28. The molecule has 2 aromatic rings. The second-order valence-electron chi connectivity index (χ2n) is 3.29. The molecule has 0 bridgehead atoms. The van der Waals surface area contributed by atoms with Crippen LogP contribution < -0.4 is 0 Å². The minimum absolute atomic E-state index is 0.0681. The van der Waals surface area contributed by atoms with Gasteiger partial charge in [0.2, 0.25) is 0 Å². The van der Waals surface area contributed by atoms with E-state index in [1.807, 2.05) is 14.0 Å². The summed E-state index contributed by atoms with van der Waals surface area (Å²) in [6.45, 7) is 1.83. The average molecular weight is 270 g/mol. The fourth-order valence-electron chi connectivity index (χ4n) is 1.58. The molecule has 2 rings (SSSR count). The monoisotopic (exact) mass is 269 g/mol. The Kier molecular flexibility index (Phi) is 2.22. The highest BCUT2D eigenvalue weighted by Gasteiger charge is 2.16. The van der Waals surface area contributed by atoms with Crippen LogP contribution in [0.1, 0.15) is 5.69 Å². The summed E-state index contributed by atoms with van der Waals surface area (Å²) in [5.41, 5.74) is 1.74. The number of nitro benzene ring substituents is 1. The number of hydrogen-bond donors (Lipinski definition) is 0. The van der Waals surface area contributed by atoms with Crippen LogP contribution in [0.3, 0.4) is 0 Å². The van der Waals surface area contributed by atoms with Gasteiger partial charge < -0.3 is 0 Å². The van der Waals surface area contributed by atoms with Gasteiger partial charge in [0.15, 0.2) is 0 Å². The molecule has 0 saturated carbocycles. The highest BCUT2D eigenvalue weighted by atomic mass is 79.9. The number of nitro groups is 1. The number of aryl methyl sites for hydroxylation is 2. The second-order valence-corrected chi connectivity index (χ2v) is 4.14. The minimum Gasteiger partial charge on any atom is -0.268 e. The van der Waals surface area contributed by atoms with Gasteiger partial charge in [-0.3, -0.25) is 14.8 Å². The van der Waals surface area contributed by atoms with Gasteiger partial charge in [0.25, 0.3) is 5.69 Å². The zero-order chi connectivity index (χ0) is 11.2. The van der Waals surface area contributed by atoms with Gasteiger partial charge in [-0.15, -0.1) is 0 Å². The number of aromatic nitrogens is 2. The zero-order valence-corrected chi connectivity index (χ0v) is 9.78. The molecule has 0 atom stereocenters. The molecule has 0 amide bonds. The first-order valence-corrected chi connectivity index (χ1v) is 5.07. The number of fused-ring (bicyclic) bond motifs is 1. The summed E-state index contributed by atoms with van der Waals surface area (Å²) in [4.78, 5) is 10.3. The Morgan fingerprint density at radius 2 is 2.20 bits per heavy atom. The molecule has 0 saturated heterocycles. The maximum atomic E-state index is 10.7. The van der Waals surface area contributed by atoms with Gasteiger partial charge in [-0.25, -0.2) is 0 Å². The summed E-state index contributed by atoms with van der Waals surface area (Å²) < 4.78 is 2.18. The summed E-state index contributed by atoms with van der Waals surface area (Å²) in [6, 6.07) is 3.26. The van der Waals surface area contributed by atoms with E-state index < -0.39 is 4.92 Å². The quantitative estimate of drug-likeness (QED) is 0.591. The number of rotatable bonds is 1. The van der Waals surface area contributed by atoms with E-state index in [0.717, 1.165) is 16.6 Å². The normalized spacial score (nSPS) is 10.9. The lowest BCUT2D eigenvalue weighted by molar-refractivity contribution is -0.385. The van der Waals surface area contributed by atoms with Crippen molar-refractivity contribution in [3.63, 3.8) is 0 Å². The van der Waals surface area contributed by atoms with Crippen molar-refractivity contribution in [2.24, 2.45) is 7.05 Å². The van der Waals surface area contributed by atoms with Gasteiger partial charge >= 0.3 is 0 Å². The van der Waals surface area contributed by atoms with Gasteiger partial charge in [-0.1, -0.05) is 0 Å². The van der Waals surface area contributed by atoms with Crippen LogP contribution in [0.4, 0.5) is 5.69 Å². The first-order chi connectivity index (χ1) is 7.00. The molecular weight excluding hydrogens is 262 g/mol. The van der Waals surface area contributed by atoms with Gasteiger partial charge in [0.1, 0.15) is 0 Å². The second kappa shape index (κ2) is 3.30. The molecule has 15 heavy (non-hydrogen) atoms. The first kappa shape index (κ1) is 10.1. The molecule has 0 aliphatic rings. The van der Waals surface area contributed by atoms with Crippen LogP contribution >= 0.6 is 15.9 Å². The van der Waals surface area contributed by atoms with Crippen molar-refractivity contribution >= 4 is 32.5 Å². The molecule has 6 heteroatoms. The van der Waals surface area contributed by atoms with E-state index in [-0.39, 0.29) is 5.69 Å².